The molecule has 0 atom stereocenters. The van der Waals surface area contributed by atoms with Crippen LogP contribution in [0.25, 0.3) is 0 Å². The van der Waals surface area contributed by atoms with Crippen molar-refractivity contribution in [3.8, 4) is 0 Å². The second-order valence-electron chi connectivity index (χ2n) is 6.04. The first-order valence-electron chi connectivity index (χ1n) is 6.77. The molecule has 0 radical (unpaired) electrons. The third-order valence-corrected chi connectivity index (χ3v) is 5.20. The van der Waals surface area contributed by atoms with E-state index < -0.39 is 17.0 Å². The predicted octanol–water partition coefficient (Wildman–Crippen LogP) is 1.23. The summed E-state index contributed by atoms with van der Waals surface area (Å²) in [4.78, 5) is 13.9. The summed E-state index contributed by atoms with van der Waals surface area (Å²) in [6, 6.07) is 0.724. The molecule has 0 aromatic carbocycles. The number of aliphatic hydroxyl groups is 1. The average Bonchev–Trinajstić information content (AvgIpc) is 2.99. The predicted molar refractivity (Wildman–Crippen MR) is 62.7 cm³/mol. The number of likely N-dealkylation sites (tertiary alicyclic amines) is 1. The number of carbonyl (C=O) groups is 1. The number of piperidine rings is 1. The quantitative estimate of drug-likeness (QED) is 0.777. The molecule has 2 saturated carbocycles. The fourth-order valence-corrected chi connectivity index (χ4v) is 3.59. The Labute approximate surface area is 102 Å². The van der Waals surface area contributed by atoms with Crippen molar-refractivity contribution in [1.29, 1.82) is 0 Å². The van der Waals surface area contributed by atoms with E-state index in [-0.39, 0.29) is 0 Å². The summed E-state index contributed by atoms with van der Waals surface area (Å²) in [5.41, 5.74) is -1.79. The van der Waals surface area contributed by atoms with Gasteiger partial charge in [0.1, 0.15) is 0 Å². The van der Waals surface area contributed by atoms with Crippen LogP contribution in [0.15, 0.2) is 0 Å². The van der Waals surface area contributed by atoms with Crippen LogP contribution in [-0.2, 0) is 4.79 Å². The standard InChI is InChI=1S/C13H21NO3/c15-11(16)12(4-1-5-12)13(17)6-8-14(9-7-13)10-2-3-10/h10,17H,1-9H2,(H,15,16). The van der Waals surface area contributed by atoms with E-state index in [4.69, 9.17) is 0 Å². The van der Waals surface area contributed by atoms with Gasteiger partial charge in [-0.1, -0.05) is 6.42 Å². The highest BCUT2D eigenvalue weighted by atomic mass is 16.4. The molecule has 0 spiro atoms. The third-order valence-electron chi connectivity index (χ3n) is 5.20. The zero-order valence-electron chi connectivity index (χ0n) is 10.2. The van der Waals surface area contributed by atoms with Crippen molar-refractivity contribution in [2.24, 2.45) is 5.41 Å². The van der Waals surface area contributed by atoms with E-state index in [1.54, 1.807) is 0 Å². The Hall–Kier alpha value is -0.610. The van der Waals surface area contributed by atoms with Gasteiger partial charge in [-0.2, -0.15) is 0 Å². The van der Waals surface area contributed by atoms with Gasteiger partial charge in [-0.25, -0.2) is 0 Å². The van der Waals surface area contributed by atoms with E-state index in [9.17, 15) is 15.0 Å². The van der Waals surface area contributed by atoms with Gasteiger partial charge in [0.25, 0.3) is 0 Å². The van der Waals surface area contributed by atoms with Crippen molar-refractivity contribution in [3.05, 3.63) is 0 Å². The smallest absolute Gasteiger partial charge is 0.312 e. The molecule has 3 rings (SSSR count). The molecule has 3 aliphatic rings. The molecule has 4 nitrogen and oxygen atoms in total. The molecule has 0 amide bonds. The van der Waals surface area contributed by atoms with Crippen LogP contribution in [0.4, 0.5) is 0 Å². The zero-order valence-corrected chi connectivity index (χ0v) is 10.2. The zero-order chi connectivity index (χ0) is 12.1. The maximum atomic E-state index is 11.5. The summed E-state index contributed by atoms with van der Waals surface area (Å²) >= 11 is 0. The normalized spacial score (nSPS) is 31.8. The summed E-state index contributed by atoms with van der Waals surface area (Å²) < 4.78 is 0. The minimum Gasteiger partial charge on any atom is -0.481 e. The summed E-state index contributed by atoms with van der Waals surface area (Å²) in [6.45, 7) is 1.74. The van der Waals surface area contributed by atoms with Crippen molar-refractivity contribution in [1.82, 2.24) is 4.90 Å². The van der Waals surface area contributed by atoms with Crippen molar-refractivity contribution < 1.29 is 15.0 Å². The van der Waals surface area contributed by atoms with Crippen LogP contribution in [0.1, 0.15) is 44.9 Å². The topological polar surface area (TPSA) is 60.8 Å². The van der Waals surface area contributed by atoms with E-state index in [0.717, 1.165) is 25.6 Å². The maximum Gasteiger partial charge on any atom is 0.312 e. The number of nitrogens with zero attached hydrogens (tertiary/aromatic N) is 1. The molecule has 0 bridgehead atoms. The lowest BCUT2D eigenvalue weighted by atomic mass is 9.56. The van der Waals surface area contributed by atoms with Gasteiger partial charge in [0.2, 0.25) is 0 Å². The van der Waals surface area contributed by atoms with Gasteiger partial charge in [-0.3, -0.25) is 4.79 Å². The van der Waals surface area contributed by atoms with Gasteiger partial charge in [0.15, 0.2) is 0 Å². The summed E-state index contributed by atoms with van der Waals surface area (Å²) in [5.74, 6) is -0.786. The molecule has 2 N–H and O–H groups in total. The SMILES string of the molecule is O=C(O)C1(C2(O)CCN(C3CC3)CC2)CCC1. The number of aliphatic carboxylic acids is 1. The van der Waals surface area contributed by atoms with Crippen molar-refractivity contribution in [2.75, 3.05) is 13.1 Å². The van der Waals surface area contributed by atoms with Crippen LogP contribution in [0.3, 0.4) is 0 Å². The second kappa shape index (κ2) is 3.69. The van der Waals surface area contributed by atoms with Crippen molar-refractivity contribution in [3.63, 3.8) is 0 Å². The van der Waals surface area contributed by atoms with Gasteiger partial charge in [-0.05, 0) is 38.5 Å². The van der Waals surface area contributed by atoms with Crippen molar-refractivity contribution in [2.45, 2.75) is 56.6 Å². The molecule has 3 fully saturated rings. The Morgan fingerprint density at radius 2 is 1.71 bits per heavy atom. The van der Waals surface area contributed by atoms with E-state index in [2.05, 4.69) is 4.90 Å². The van der Waals surface area contributed by atoms with Crippen LogP contribution in [-0.4, -0.2) is 45.8 Å². The molecule has 0 aromatic heterocycles. The minimum absolute atomic E-state index is 0.635. The molecule has 2 aliphatic carbocycles. The van der Waals surface area contributed by atoms with E-state index in [1.807, 2.05) is 0 Å². The van der Waals surface area contributed by atoms with Gasteiger partial charge in [0.05, 0.1) is 11.0 Å². The first-order chi connectivity index (χ1) is 8.07. The van der Waals surface area contributed by atoms with Crippen LogP contribution < -0.4 is 0 Å². The number of hydrogen-bond donors (Lipinski definition) is 2. The van der Waals surface area contributed by atoms with Crippen LogP contribution in [0.5, 0.6) is 0 Å². The molecular weight excluding hydrogens is 218 g/mol. The number of hydrogen-bond acceptors (Lipinski definition) is 3. The first-order valence-corrected chi connectivity index (χ1v) is 6.77. The minimum atomic E-state index is -0.956. The summed E-state index contributed by atoms with van der Waals surface area (Å²) in [5, 5.41) is 20.1. The molecule has 0 unspecified atom stereocenters. The van der Waals surface area contributed by atoms with E-state index >= 15 is 0 Å². The molecule has 1 aliphatic heterocycles. The number of rotatable bonds is 3. The molecule has 1 saturated heterocycles. The molecule has 4 heteroatoms. The molecule has 17 heavy (non-hydrogen) atoms. The Morgan fingerprint density at radius 1 is 1.12 bits per heavy atom. The lowest BCUT2D eigenvalue weighted by Crippen LogP contribution is -2.61. The van der Waals surface area contributed by atoms with E-state index in [1.165, 1.54) is 12.8 Å². The Kier molecular flexibility index (Phi) is 2.49. The summed E-state index contributed by atoms with van der Waals surface area (Å²) in [6.07, 6.45) is 6.09. The highest BCUT2D eigenvalue weighted by Gasteiger charge is 2.60. The Balaban J connectivity index is 1.71. The van der Waals surface area contributed by atoms with Crippen molar-refractivity contribution >= 4 is 5.97 Å². The highest BCUT2D eigenvalue weighted by Crippen LogP contribution is 2.53. The first kappa shape index (κ1) is 11.5. The van der Waals surface area contributed by atoms with Crippen LogP contribution in [0.2, 0.25) is 0 Å². The maximum absolute atomic E-state index is 11.5. The van der Waals surface area contributed by atoms with E-state index in [0.29, 0.717) is 25.7 Å². The summed E-state index contributed by atoms with van der Waals surface area (Å²) in [7, 11) is 0. The fraction of sp³-hybridized carbons (Fsp3) is 0.923. The third kappa shape index (κ3) is 1.61. The molecule has 0 aromatic rings. The van der Waals surface area contributed by atoms with Gasteiger partial charge >= 0.3 is 5.97 Å². The number of carboxylic acid groups (broad SMARTS) is 1. The lowest BCUT2D eigenvalue weighted by Gasteiger charge is -2.53. The van der Waals surface area contributed by atoms with Crippen LogP contribution >= 0.6 is 0 Å². The van der Waals surface area contributed by atoms with Gasteiger partial charge in [0, 0.05) is 19.1 Å². The van der Waals surface area contributed by atoms with Crippen LogP contribution in [0, 0.1) is 5.41 Å². The molecule has 96 valence electrons. The Bertz CT molecular complexity index is 326. The van der Waals surface area contributed by atoms with Gasteiger partial charge < -0.3 is 15.1 Å². The monoisotopic (exact) mass is 239 g/mol. The van der Waals surface area contributed by atoms with Gasteiger partial charge in [-0.15, -0.1) is 0 Å². The molecular formula is C13H21NO3. The fourth-order valence-electron chi connectivity index (χ4n) is 3.59. The largest absolute Gasteiger partial charge is 0.481 e. The second-order valence-corrected chi connectivity index (χ2v) is 6.04. The lowest BCUT2D eigenvalue weighted by molar-refractivity contribution is -0.194. The Morgan fingerprint density at radius 3 is 2.06 bits per heavy atom. The average molecular weight is 239 g/mol. The number of carboxylic acids is 1. The highest BCUT2D eigenvalue weighted by molar-refractivity contribution is 5.77. The molecule has 1 heterocycles.